The van der Waals surface area contributed by atoms with Gasteiger partial charge in [0.1, 0.15) is 0 Å². The summed E-state index contributed by atoms with van der Waals surface area (Å²) in [6, 6.07) is 4.58. The molecule has 0 aliphatic rings. The highest BCUT2D eigenvalue weighted by Crippen LogP contribution is 2.14. The van der Waals surface area contributed by atoms with Crippen LogP contribution in [0, 0.1) is 0 Å². The molecule has 1 aromatic heterocycles. The van der Waals surface area contributed by atoms with Gasteiger partial charge < -0.3 is 5.11 Å². The summed E-state index contributed by atoms with van der Waals surface area (Å²) in [5, 5.41) is 8.92. The van der Waals surface area contributed by atoms with E-state index in [0.717, 1.165) is 0 Å². The van der Waals surface area contributed by atoms with E-state index >= 15 is 0 Å². The third kappa shape index (κ3) is 2.26. The Morgan fingerprint density at radius 2 is 2.23 bits per heavy atom. The van der Waals surface area contributed by atoms with Gasteiger partial charge in [-0.1, -0.05) is 6.07 Å². The van der Waals surface area contributed by atoms with E-state index in [4.69, 9.17) is 5.11 Å². The Balaban J connectivity index is 2.96. The fraction of sp³-hybridized carbons (Fsp3) is 0.333. The molecule has 0 aliphatic carbocycles. The summed E-state index contributed by atoms with van der Waals surface area (Å²) in [6.07, 6.45) is 1.59. The number of carboxylic acids is 1. The molecule has 0 spiro atoms. The lowest BCUT2D eigenvalue weighted by atomic mass is 10.2. The second-order valence-electron chi connectivity index (χ2n) is 2.96. The third-order valence-corrected chi connectivity index (χ3v) is 1.72. The molecule has 0 radical (unpaired) electrons. The second-order valence-corrected chi connectivity index (χ2v) is 2.96. The summed E-state index contributed by atoms with van der Waals surface area (Å²) in [4.78, 5) is 16.5. The molecule has 4 heteroatoms. The molecule has 1 atom stereocenters. The van der Waals surface area contributed by atoms with Crippen molar-refractivity contribution in [1.29, 1.82) is 0 Å². The molecular formula is C9H12N2O2. The first-order valence-electron chi connectivity index (χ1n) is 3.93. The predicted octanol–water partition coefficient (Wildman–Crippen LogP) is 0.769. The van der Waals surface area contributed by atoms with Crippen LogP contribution in [0.5, 0.6) is 0 Å². The Kier molecular flexibility index (Phi) is 2.97. The molecule has 0 saturated carbocycles. The zero-order chi connectivity index (χ0) is 9.84. The van der Waals surface area contributed by atoms with Gasteiger partial charge in [-0.25, -0.2) is 0 Å². The van der Waals surface area contributed by atoms with Gasteiger partial charge in [-0.05, 0) is 26.2 Å². The number of hydrogen-bond acceptors (Lipinski definition) is 3. The Morgan fingerprint density at radius 3 is 2.62 bits per heavy atom. The summed E-state index contributed by atoms with van der Waals surface area (Å²) < 4.78 is 0. The van der Waals surface area contributed by atoms with Gasteiger partial charge in [-0.2, -0.15) is 0 Å². The van der Waals surface area contributed by atoms with Gasteiger partial charge in [0.05, 0.1) is 5.69 Å². The number of carbonyl (C=O) groups is 1. The molecule has 0 saturated heterocycles. The zero-order valence-electron chi connectivity index (χ0n) is 7.64. The highest BCUT2D eigenvalue weighted by atomic mass is 16.4. The van der Waals surface area contributed by atoms with E-state index in [1.165, 1.54) is 0 Å². The molecule has 0 aliphatic heterocycles. The molecule has 0 bridgehead atoms. The molecule has 13 heavy (non-hydrogen) atoms. The van der Waals surface area contributed by atoms with Crippen LogP contribution >= 0.6 is 0 Å². The maximum atomic E-state index is 10.9. The second kappa shape index (κ2) is 4.00. The van der Waals surface area contributed by atoms with Gasteiger partial charge in [-0.15, -0.1) is 0 Å². The molecular weight excluding hydrogens is 168 g/mol. The molecule has 70 valence electrons. The number of carboxylic acid groups (broad SMARTS) is 1. The van der Waals surface area contributed by atoms with E-state index in [9.17, 15) is 4.79 Å². The van der Waals surface area contributed by atoms with Crippen molar-refractivity contribution >= 4 is 5.97 Å². The van der Waals surface area contributed by atoms with Gasteiger partial charge in [0.25, 0.3) is 0 Å². The van der Waals surface area contributed by atoms with Crippen LogP contribution in [0.4, 0.5) is 0 Å². The van der Waals surface area contributed by atoms with Crippen LogP contribution < -0.4 is 0 Å². The van der Waals surface area contributed by atoms with Gasteiger partial charge in [-0.3, -0.25) is 14.7 Å². The molecule has 4 nitrogen and oxygen atoms in total. The minimum atomic E-state index is -0.885. The number of aromatic nitrogens is 1. The predicted molar refractivity (Wildman–Crippen MR) is 48.3 cm³/mol. The Labute approximate surface area is 76.8 Å². The Morgan fingerprint density at radius 1 is 1.54 bits per heavy atom. The topological polar surface area (TPSA) is 53.4 Å². The van der Waals surface area contributed by atoms with Crippen molar-refractivity contribution in [2.45, 2.75) is 6.04 Å². The molecule has 1 N–H and O–H groups in total. The minimum Gasteiger partial charge on any atom is -0.480 e. The van der Waals surface area contributed by atoms with Crippen molar-refractivity contribution in [3.63, 3.8) is 0 Å². The van der Waals surface area contributed by atoms with E-state index in [2.05, 4.69) is 4.98 Å². The number of nitrogens with zero attached hydrogens (tertiary/aromatic N) is 2. The SMILES string of the molecule is CN(C)C(C(=O)O)c1ccccn1. The van der Waals surface area contributed by atoms with Crippen molar-refractivity contribution in [2.75, 3.05) is 14.1 Å². The van der Waals surface area contributed by atoms with Crippen LogP contribution in [0.25, 0.3) is 0 Å². The first-order valence-corrected chi connectivity index (χ1v) is 3.93. The summed E-state index contributed by atoms with van der Waals surface area (Å²) in [6.45, 7) is 0. The monoisotopic (exact) mass is 180 g/mol. The highest BCUT2D eigenvalue weighted by Gasteiger charge is 2.22. The number of likely N-dealkylation sites (N-methyl/N-ethyl adjacent to an activating group) is 1. The van der Waals surface area contributed by atoms with E-state index in [0.29, 0.717) is 5.69 Å². The molecule has 0 aromatic carbocycles. The third-order valence-electron chi connectivity index (χ3n) is 1.72. The zero-order valence-corrected chi connectivity index (χ0v) is 7.64. The van der Waals surface area contributed by atoms with Gasteiger partial charge in [0.2, 0.25) is 0 Å². The van der Waals surface area contributed by atoms with Gasteiger partial charge in [0, 0.05) is 6.20 Å². The highest BCUT2D eigenvalue weighted by molar-refractivity contribution is 5.74. The molecule has 1 aromatic rings. The average Bonchev–Trinajstić information content (AvgIpc) is 2.04. The van der Waals surface area contributed by atoms with E-state index < -0.39 is 12.0 Å². The first kappa shape index (κ1) is 9.67. The van der Waals surface area contributed by atoms with Crippen LogP contribution in [0.2, 0.25) is 0 Å². The smallest absolute Gasteiger partial charge is 0.327 e. The summed E-state index contributed by atoms with van der Waals surface area (Å²) >= 11 is 0. The lowest BCUT2D eigenvalue weighted by molar-refractivity contribution is -0.142. The van der Waals surface area contributed by atoms with Crippen molar-refractivity contribution < 1.29 is 9.90 Å². The quantitative estimate of drug-likeness (QED) is 0.746. The van der Waals surface area contributed by atoms with E-state index in [-0.39, 0.29) is 0 Å². The molecule has 1 rings (SSSR count). The number of hydrogen-bond donors (Lipinski definition) is 1. The van der Waals surface area contributed by atoms with Crippen molar-refractivity contribution in [2.24, 2.45) is 0 Å². The van der Waals surface area contributed by atoms with Crippen LogP contribution in [-0.4, -0.2) is 35.1 Å². The Hall–Kier alpha value is -1.42. The Bertz CT molecular complexity index is 285. The number of rotatable bonds is 3. The summed E-state index contributed by atoms with van der Waals surface area (Å²) in [7, 11) is 3.43. The lowest BCUT2D eigenvalue weighted by Crippen LogP contribution is -2.28. The van der Waals surface area contributed by atoms with Crippen LogP contribution in [-0.2, 0) is 4.79 Å². The maximum absolute atomic E-state index is 10.9. The van der Waals surface area contributed by atoms with Crippen molar-refractivity contribution in [3.8, 4) is 0 Å². The van der Waals surface area contributed by atoms with Crippen LogP contribution in [0.15, 0.2) is 24.4 Å². The molecule has 0 amide bonds. The van der Waals surface area contributed by atoms with Crippen LogP contribution in [0.3, 0.4) is 0 Å². The maximum Gasteiger partial charge on any atom is 0.327 e. The summed E-state index contributed by atoms with van der Waals surface area (Å²) in [5.41, 5.74) is 0.556. The fourth-order valence-corrected chi connectivity index (χ4v) is 1.15. The average molecular weight is 180 g/mol. The fourth-order valence-electron chi connectivity index (χ4n) is 1.15. The van der Waals surface area contributed by atoms with Gasteiger partial charge >= 0.3 is 5.97 Å². The summed E-state index contributed by atoms with van der Waals surface area (Å²) in [5.74, 6) is -0.885. The molecule has 1 heterocycles. The number of pyridine rings is 1. The van der Waals surface area contributed by atoms with Crippen LogP contribution in [0.1, 0.15) is 11.7 Å². The molecule has 0 fully saturated rings. The normalized spacial score (nSPS) is 12.8. The number of aliphatic carboxylic acids is 1. The van der Waals surface area contributed by atoms with Crippen molar-refractivity contribution in [1.82, 2.24) is 9.88 Å². The van der Waals surface area contributed by atoms with Crippen molar-refractivity contribution in [3.05, 3.63) is 30.1 Å². The van der Waals surface area contributed by atoms with E-state index in [1.807, 2.05) is 0 Å². The minimum absolute atomic E-state index is 0.556. The molecule has 1 unspecified atom stereocenters. The first-order chi connectivity index (χ1) is 6.13. The lowest BCUT2D eigenvalue weighted by Gasteiger charge is -2.18. The van der Waals surface area contributed by atoms with Gasteiger partial charge in [0.15, 0.2) is 6.04 Å². The standard InChI is InChI=1S/C9H12N2O2/c1-11(2)8(9(12)13)7-5-3-4-6-10-7/h3-6,8H,1-2H3,(H,12,13). The largest absolute Gasteiger partial charge is 0.480 e. The van der Waals surface area contributed by atoms with E-state index in [1.54, 1.807) is 43.4 Å².